The highest BCUT2D eigenvalue weighted by Crippen LogP contribution is 2.25. The van der Waals surface area contributed by atoms with Gasteiger partial charge in [0.1, 0.15) is 0 Å². The van der Waals surface area contributed by atoms with Crippen molar-refractivity contribution >= 4 is 27.4 Å². The van der Waals surface area contributed by atoms with Gasteiger partial charge in [0.25, 0.3) is 5.91 Å². The molecule has 0 unspecified atom stereocenters. The Labute approximate surface area is 172 Å². The molecule has 0 radical (unpaired) electrons. The zero-order valence-corrected chi connectivity index (χ0v) is 17.8. The topological polar surface area (TPSA) is 83.6 Å². The fourth-order valence-corrected chi connectivity index (χ4v) is 4.32. The number of amides is 1. The molecule has 0 saturated carbocycles. The van der Waals surface area contributed by atoms with Gasteiger partial charge in [-0.2, -0.15) is 0 Å². The molecule has 0 atom stereocenters. The number of aryl methyl sites for hydroxylation is 2. The summed E-state index contributed by atoms with van der Waals surface area (Å²) in [6.45, 7) is 4.97. The molecule has 1 aliphatic heterocycles. The molecule has 0 aromatic heterocycles. The summed E-state index contributed by atoms with van der Waals surface area (Å²) in [5, 5.41) is 0. The first-order valence-corrected chi connectivity index (χ1v) is 11.5. The van der Waals surface area contributed by atoms with Crippen LogP contribution in [-0.4, -0.2) is 44.4 Å². The summed E-state index contributed by atoms with van der Waals surface area (Å²) in [4.78, 5) is 27.4. The second-order valence-electron chi connectivity index (χ2n) is 7.70. The molecule has 154 valence electrons. The molecule has 0 aliphatic carbocycles. The minimum absolute atomic E-state index is 0.0845. The van der Waals surface area contributed by atoms with Crippen LogP contribution in [0.4, 0.5) is 5.69 Å². The molecule has 1 amide bonds. The average Bonchev–Trinajstić information content (AvgIpc) is 2.66. The van der Waals surface area contributed by atoms with Gasteiger partial charge in [-0.25, -0.2) is 8.42 Å². The van der Waals surface area contributed by atoms with E-state index in [4.69, 9.17) is 0 Å². The van der Waals surface area contributed by atoms with Gasteiger partial charge < -0.3 is 4.90 Å². The van der Waals surface area contributed by atoms with Crippen LogP contribution in [-0.2, 0) is 10.0 Å². The molecule has 3 rings (SSSR count). The van der Waals surface area contributed by atoms with Gasteiger partial charge in [-0.05, 0) is 50.5 Å². The van der Waals surface area contributed by atoms with Crippen LogP contribution in [0.25, 0.3) is 0 Å². The van der Waals surface area contributed by atoms with Crippen LogP contribution < -0.4 is 4.72 Å². The normalized spacial score (nSPS) is 15.2. The quantitative estimate of drug-likeness (QED) is 0.760. The summed E-state index contributed by atoms with van der Waals surface area (Å²) in [6.07, 6.45) is 2.32. The molecular formula is C22H26N2O4S. The Morgan fingerprint density at radius 2 is 1.72 bits per heavy atom. The largest absolute Gasteiger partial charge is 0.339 e. The predicted octanol–water partition coefficient (Wildman–Crippen LogP) is 3.41. The lowest BCUT2D eigenvalue weighted by Crippen LogP contribution is -2.40. The number of benzene rings is 2. The number of nitrogens with one attached hydrogen (secondary N) is 1. The lowest BCUT2D eigenvalue weighted by Gasteiger charge is -2.31. The van der Waals surface area contributed by atoms with E-state index in [9.17, 15) is 18.0 Å². The SMILES string of the molecule is Cc1ccc(C(=O)C2CCN(C(=O)c3cccc(NS(C)(=O)=O)c3)CC2)c(C)c1. The molecule has 1 heterocycles. The summed E-state index contributed by atoms with van der Waals surface area (Å²) in [5.74, 6) is -0.0905. The van der Waals surface area contributed by atoms with Gasteiger partial charge in [-0.15, -0.1) is 0 Å². The number of likely N-dealkylation sites (tertiary alicyclic amines) is 1. The van der Waals surface area contributed by atoms with E-state index < -0.39 is 10.0 Å². The van der Waals surface area contributed by atoms with Gasteiger partial charge in [0, 0.05) is 35.8 Å². The molecule has 1 saturated heterocycles. The van der Waals surface area contributed by atoms with Crippen molar-refractivity contribution in [1.29, 1.82) is 0 Å². The minimum atomic E-state index is -3.41. The average molecular weight is 415 g/mol. The molecule has 0 bridgehead atoms. The molecule has 2 aromatic carbocycles. The van der Waals surface area contributed by atoms with Gasteiger partial charge in [0.2, 0.25) is 10.0 Å². The van der Waals surface area contributed by atoms with E-state index >= 15 is 0 Å². The van der Waals surface area contributed by atoms with Gasteiger partial charge in [-0.3, -0.25) is 14.3 Å². The third-order valence-electron chi connectivity index (χ3n) is 5.21. The van der Waals surface area contributed by atoms with E-state index in [1.54, 1.807) is 23.1 Å². The minimum Gasteiger partial charge on any atom is -0.339 e. The summed E-state index contributed by atoms with van der Waals surface area (Å²) < 4.78 is 25.2. The highest BCUT2D eigenvalue weighted by atomic mass is 32.2. The van der Waals surface area contributed by atoms with E-state index in [1.807, 2.05) is 32.0 Å². The maximum atomic E-state index is 12.9. The number of carbonyl (C=O) groups is 2. The third kappa shape index (κ3) is 5.23. The first-order valence-electron chi connectivity index (χ1n) is 9.62. The van der Waals surface area contributed by atoms with Gasteiger partial charge >= 0.3 is 0 Å². The standard InChI is InChI=1S/C22H26N2O4S/c1-15-7-8-20(16(2)13-15)21(25)17-9-11-24(12-10-17)22(26)18-5-4-6-19(14-18)23-29(3,27)28/h4-8,13-14,17,23H,9-12H2,1-3H3. The number of Topliss-reactive ketones (excluding diaryl/α,β-unsaturated/α-hetero) is 1. The van der Waals surface area contributed by atoms with E-state index in [0.29, 0.717) is 37.2 Å². The summed E-state index contributed by atoms with van der Waals surface area (Å²) in [6, 6.07) is 12.3. The summed E-state index contributed by atoms with van der Waals surface area (Å²) in [5.41, 5.74) is 3.67. The zero-order valence-electron chi connectivity index (χ0n) is 16.9. The lowest BCUT2D eigenvalue weighted by molar-refractivity contribution is 0.0650. The van der Waals surface area contributed by atoms with Gasteiger partial charge in [-0.1, -0.05) is 29.8 Å². The van der Waals surface area contributed by atoms with Crippen LogP contribution in [0, 0.1) is 19.8 Å². The molecule has 6 nitrogen and oxygen atoms in total. The highest BCUT2D eigenvalue weighted by Gasteiger charge is 2.29. The molecule has 7 heteroatoms. The van der Waals surface area contributed by atoms with Gasteiger partial charge in [0.15, 0.2) is 5.78 Å². The lowest BCUT2D eigenvalue weighted by atomic mass is 9.87. The zero-order chi connectivity index (χ0) is 21.2. The third-order valence-corrected chi connectivity index (χ3v) is 5.82. The van der Waals surface area contributed by atoms with Crippen molar-refractivity contribution in [3.05, 3.63) is 64.7 Å². The summed E-state index contributed by atoms with van der Waals surface area (Å²) in [7, 11) is -3.41. The second kappa shape index (κ2) is 8.37. The molecule has 1 N–H and O–H groups in total. The Morgan fingerprint density at radius 3 is 2.34 bits per heavy atom. The van der Waals surface area contributed by atoms with Crippen LogP contribution in [0.2, 0.25) is 0 Å². The predicted molar refractivity (Wildman–Crippen MR) is 114 cm³/mol. The number of piperidine rings is 1. The number of hydrogen-bond donors (Lipinski definition) is 1. The number of rotatable bonds is 5. The molecular weight excluding hydrogens is 388 g/mol. The molecule has 1 aliphatic rings. The Balaban J connectivity index is 1.65. The number of hydrogen-bond acceptors (Lipinski definition) is 4. The van der Waals surface area contributed by atoms with Crippen LogP contribution in [0.1, 0.15) is 44.7 Å². The van der Waals surface area contributed by atoms with Crippen LogP contribution in [0.3, 0.4) is 0 Å². The van der Waals surface area contributed by atoms with Gasteiger partial charge in [0.05, 0.1) is 6.26 Å². The summed E-state index contributed by atoms with van der Waals surface area (Å²) >= 11 is 0. The first kappa shape index (κ1) is 21.0. The van der Waals surface area contributed by atoms with Crippen LogP contribution in [0.5, 0.6) is 0 Å². The maximum absolute atomic E-state index is 12.9. The van der Waals surface area contributed by atoms with Crippen molar-refractivity contribution in [2.75, 3.05) is 24.1 Å². The monoisotopic (exact) mass is 414 g/mol. The van der Waals surface area contributed by atoms with Crippen LogP contribution in [0.15, 0.2) is 42.5 Å². The molecule has 0 spiro atoms. The van der Waals surface area contributed by atoms with Crippen molar-refractivity contribution in [3.8, 4) is 0 Å². The fourth-order valence-electron chi connectivity index (χ4n) is 3.77. The van der Waals surface area contributed by atoms with Crippen molar-refractivity contribution < 1.29 is 18.0 Å². The van der Waals surface area contributed by atoms with E-state index in [-0.39, 0.29) is 17.6 Å². The number of nitrogens with zero attached hydrogens (tertiary/aromatic N) is 1. The van der Waals surface area contributed by atoms with E-state index in [0.717, 1.165) is 22.9 Å². The van der Waals surface area contributed by atoms with Crippen molar-refractivity contribution in [3.63, 3.8) is 0 Å². The molecule has 1 fully saturated rings. The van der Waals surface area contributed by atoms with Crippen molar-refractivity contribution in [2.24, 2.45) is 5.92 Å². The maximum Gasteiger partial charge on any atom is 0.253 e. The second-order valence-corrected chi connectivity index (χ2v) is 9.45. The van der Waals surface area contributed by atoms with E-state index in [2.05, 4.69) is 4.72 Å². The highest BCUT2D eigenvalue weighted by molar-refractivity contribution is 7.92. The van der Waals surface area contributed by atoms with Crippen molar-refractivity contribution in [2.45, 2.75) is 26.7 Å². The van der Waals surface area contributed by atoms with Crippen LogP contribution >= 0.6 is 0 Å². The number of carbonyl (C=O) groups excluding carboxylic acids is 2. The molecule has 2 aromatic rings. The Morgan fingerprint density at radius 1 is 1.03 bits per heavy atom. The number of ketones is 1. The Hall–Kier alpha value is -2.67. The van der Waals surface area contributed by atoms with Crippen molar-refractivity contribution in [1.82, 2.24) is 4.90 Å². The number of anilines is 1. The first-order chi connectivity index (χ1) is 13.6. The fraction of sp³-hybridized carbons (Fsp3) is 0.364. The van der Waals surface area contributed by atoms with E-state index in [1.165, 1.54) is 6.07 Å². The molecule has 29 heavy (non-hydrogen) atoms. The smallest absolute Gasteiger partial charge is 0.253 e. The Bertz CT molecular complexity index is 1040. The number of sulfonamides is 1. The Kier molecular flexibility index (Phi) is 6.07.